The number of rotatable bonds is 1. The summed E-state index contributed by atoms with van der Waals surface area (Å²) >= 11 is 0. The number of ether oxygens (including phenoxy) is 1. The van der Waals surface area contributed by atoms with E-state index < -0.39 is 6.10 Å². The average Bonchev–Trinajstić information content (AvgIpc) is 2.36. The molecule has 1 fully saturated rings. The van der Waals surface area contributed by atoms with Gasteiger partial charge >= 0.3 is 0 Å². The first-order valence-corrected chi connectivity index (χ1v) is 7.04. The molecule has 1 aliphatic heterocycles. The van der Waals surface area contributed by atoms with E-state index in [1.54, 1.807) is 0 Å². The molecular weight excluding hydrogens is 230 g/mol. The van der Waals surface area contributed by atoms with E-state index in [4.69, 9.17) is 15.6 Å². The van der Waals surface area contributed by atoms with Crippen LogP contribution in [0.3, 0.4) is 0 Å². The van der Waals surface area contributed by atoms with Crippen LogP contribution in [0.25, 0.3) is 0 Å². The van der Waals surface area contributed by atoms with E-state index in [1.165, 1.54) is 0 Å². The molecule has 18 heavy (non-hydrogen) atoms. The molecular formula is C14H33NO3. The van der Waals surface area contributed by atoms with Crippen LogP contribution in [0.5, 0.6) is 0 Å². The first-order chi connectivity index (χ1) is 8.38. The van der Waals surface area contributed by atoms with Gasteiger partial charge in [-0.25, -0.2) is 0 Å². The van der Waals surface area contributed by atoms with Crippen LogP contribution in [-0.2, 0) is 4.74 Å². The van der Waals surface area contributed by atoms with Crippen molar-refractivity contribution in [1.29, 1.82) is 0 Å². The predicted octanol–water partition coefficient (Wildman–Crippen LogP) is 1.78. The lowest BCUT2D eigenvalue weighted by molar-refractivity contribution is -0.150. The van der Waals surface area contributed by atoms with Crippen molar-refractivity contribution in [3.8, 4) is 0 Å². The van der Waals surface area contributed by atoms with Gasteiger partial charge in [-0.3, -0.25) is 0 Å². The molecule has 0 amide bonds. The van der Waals surface area contributed by atoms with E-state index in [0.717, 1.165) is 0 Å². The Morgan fingerprint density at radius 3 is 1.94 bits per heavy atom. The molecule has 1 rings (SSSR count). The lowest BCUT2D eigenvalue weighted by Crippen LogP contribution is -2.57. The zero-order valence-corrected chi connectivity index (χ0v) is 13.1. The van der Waals surface area contributed by atoms with Gasteiger partial charge in [-0.2, -0.15) is 0 Å². The second-order valence-corrected chi connectivity index (χ2v) is 5.10. The van der Waals surface area contributed by atoms with Crippen molar-refractivity contribution in [3.05, 3.63) is 0 Å². The largest absolute Gasteiger partial charge is 0.394 e. The van der Waals surface area contributed by atoms with Crippen LogP contribution in [0.4, 0.5) is 0 Å². The van der Waals surface area contributed by atoms with Gasteiger partial charge in [0, 0.05) is 5.92 Å². The topological polar surface area (TPSA) is 75.7 Å². The van der Waals surface area contributed by atoms with Crippen molar-refractivity contribution in [2.45, 2.75) is 66.7 Å². The highest BCUT2D eigenvalue weighted by Gasteiger charge is 2.43. The van der Waals surface area contributed by atoms with E-state index in [2.05, 4.69) is 0 Å². The molecule has 0 aliphatic carbocycles. The van der Waals surface area contributed by atoms with Crippen molar-refractivity contribution in [2.24, 2.45) is 17.1 Å². The van der Waals surface area contributed by atoms with Crippen LogP contribution >= 0.6 is 0 Å². The number of hydrogen-bond acceptors (Lipinski definition) is 4. The van der Waals surface area contributed by atoms with Gasteiger partial charge in [-0.15, -0.1) is 0 Å². The number of hydrogen-bond donors (Lipinski definition) is 3. The van der Waals surface area contributed by atoms with Crippen LogP contribution < -0.4 is 5.73 Å². The van der Waals surface area contributed by atoms with Gasteiger partial charge in [0.2, 0.25) is 0 Å². The quantitative estimate of drug-likeness (QED) is 0.674. The van der Waals surface area contributed by atoms with Crippen molar-refractivity contribution >= 4 is 0 Å². The van der Waals surface area contributed by atoms with Gasteiger partial charge in [-0.1, -0.05) is 48.5 Å². The van der Waals surface area contributed by atoms with E-state index in [-0.39, 0.29) is 30.1 Å². The van der Waals surface area contributed by atoms with Gasteiger partial charge < -0.3 is 20.7 Å². The molecule has 4 atom stereocenters. The van der Waals surface area contributed by atoms with Crippen molar-refractivity contribution in [1.82, 2.24) is 0 Å². The van der Waals surface area contributed by atoms with Gasteiger partial charge in [0.1, 0.15) is 0 Å². The molecule has 0 aromatic rings. The van der Waals surface area contributed by atoms with Crippen molar-refractivity contribution in [3.63, 3.8) is 0 Å². The van der Waals surface area contributed by atoms with E-state index in [0.29, 0.717) is 6.61 Å². The molecule has 1 heterocycles. The minimum Gasteiger partial charge on any atom is -0.394 e. The average molecular weight is 263 g/mol. The monoisotopic (exact) mass is 263 g/mol. The second kappa shape index (κ2) is 9.73. The third kappa shape index (κ3) is 5.65. The second-order valence-electron chi connectivity index (χ2n) is 5.10. The molecule has 0 radical (unpaired) electrons. The summed E-state index contributed by atoms with van der Waals surface area (Å²) in [6.45, 7) is 14.3. The first kappa shape index (κ1) is 20.2. The summed E-state index contributed by atoms with van der Waals surface area (Å²) < 4.78 is 5.41. The molecule has 0 aromatic carbocycles. The van der Waals surface area contributed by atoms with Crippen LogP contribution in [-0.4, -0.2) is 41.7 Å². The number of aliphatic hydroxyl groups excluding tert-OH is 2. The highest BCUT2D eigenvalue weighted by atomic mass is 16.5. The molecule has 0 aromatic heterocycles. The number of aliphatic hydroxyl groups is 2. The van der Waals surface area contributed by atoms with Crippen LogP contribution in [0.1, 0.15) is 48.5 Å². The fourth-order valence-electron chi connectivity index (χ4n) is 2.16. The third-order valence-electron chi connectivity index (χ3n) is 2.89. The Balaban J connectivity index is 0. The Labute approximate surface area is 113 Å². The maximum absolute atomic E-state index is 9.96. The molecule has 4 heteroatoms. The Bertz CT molecular complexity index is 190. The van der Waals surface area contributed by atoms with Crippen LogP contribution in [0.15, 0.2) is 0 Å². The van der Waals surface area contributed by atoms with Crippen LogP contribution in [0.2, 0.25) is 0 Å². The minimum absolute atomic E-state index is 0.0638. The fourth-order valence-corrected chi connectivity index (χ4v) is 2.16. The van der Waals surface area contributed by atoms with E-state index in [1.807, 2.05) is 48.5 Å². The zero-order valence-electron chi connectivity index (χ0n) is 13.1. The lowest BCUT2D eigenvalue weighted by Gasteiger charge is -2.45. The molecule has 0 spiro atoms. The summed E-state index contributed by atoms with van der Waals surface area (Å²) in [5.74, 6) is -0.115. The number of nitrogens with two attached hydrogens (primary N) is 1. The zero-order chi connectivity index (χ0) is 14.9. The van der Waals surface area contributed by atoms with Gasteiger partial charge in [-0.05, 0) is 5.41 Å². The Hall–Kier alpha value is -0.160. The van der Waals surface area contributed by atoms with E-state index >= 15 is 0 Å². The Kier molecular flexibility index (Phi) is 10.9. The third-order valence-corrected chi connectivity index (χ3v) is 2.89. The summed E-state index contributed by atoms with van der Waals surface area (Å²) in [6, 6.07) is -0.345. The van der Waals surface area contributed by atoms with E-state index in [9.17, 15) is 5.11 Å². The summed E-state index contributed by atoms with van der Waals surface area (Å²) in [5.41, 5.74) is 5.61. The molecule has 1 saturated heterocycles. The van der Waals surface area contributed by atoms with Gasteiger partial charge in [0.05, 0.1) is 31.5 Å². The normalized spacial score (nSPS) is 31.7. The highest BCUT2D eigenvalue weighted by molar-refractivity contribution is 4.94. The molecule has 0 saturated carbocycles. The minimum atomic E-state index is -0.596. The van der Waals surface area contributed by atoms with Gasteiger partial charge in [0.15, 0.2) is 0 Å². The fraction of sp³-hybridized carbons (Fsp3) is 1.00. The Morgan fingerprint density at radius 1 is 1.17 bits per heavy atom. The lowest BCUT2D eigenvalue weighted by atomic mass is 9.71. The first-order valence-electron chi connectivity index (χ1n) is 7.04. The molecule has 4 unspecified atom stereocenters. The smallest absolute Gasteiger partial charge is 0.0864 e. The summed E-state index contributed by atoms with van der Waals surface area (Å²) in [4.78, 5) is 0. The maximum Gasteiger partial charge on any atom is 0.0864 e. The van der Waals surface area contributed by atoms with Crippen molar-refractivity contribution < 1.29 is 14.9 Å². The van der Waals surface area contributed by atoms with Gasteiger partial charge in [0.25, 0.3) is 0 Å². The maximum atomic E-state index is 9.96. The SMILES string of the molecule is CC.CC.CC(C)(C)C1C(CO)OCC(N)C1O. The summed E-state index contributed by atoms with van der Waals surface area (Å²) in [7, 11) is 0. The molecule has 4 nitrogen and oxygen atoms in total. The standard InChI is InChI=1S/C10H21NO3.2C2H6/c1-10(2,3)8-7(4-12)14-5-6(11)9(8)13;2*1-2/h6-9,12-13H,4-5,11H2,1-3H3;2*1-2H3. The molecule has 1 aliphatic rings. The highest BCUT2D eigenvalue weighted by Crippen LogP contribution is 2.36. The summed E-state index contributed by atoms with van der Waals surface area (Å²) in [6.07, 6.45) is -0.898. The molecule has 0 bridgehead atoms. The molecule has 112 valence electrons. The Morgan fingerprint density at radius 2 is 1.61 bits per heavy atom. The predicted molar refractivity (Wildman–Crippen MR) is 76.4 cm³/mol. The molecule has 4 N–H and O–H groups in total. The van der Waals surface area contributed by atoms with Crippen LogP contribution in [0, 0.1) is 11.3 Å². The summed E-state index contributed by atoms with van der Waals surface area (Å²) in [5, 5.41) is 19.1. The van der Waals surface area contributed by atoms with Crippen molar-refractivity contribution in [2.75, 3.05) is 13.2 Å².